The molecule has 0 atom stereocenters. The molecular weight excluding hydrogens is 458 g/mol. The smallest absolute Gasteiger partial charge is 0.0985 e. The Morgan fingerprint density at radius 1 is 1.00 bits per heavy atom. The lowest BCUT2D eigenvalue weighted by atomic mass is 10.1. The highest BCUT2D eigenvalue weighted by Gasteiger charge is 2.20. The van der Waals surface area contributed by atoms with Crippen LogP contribution in [0.1, 0.15) is 45.4 Å². The minimum Gasteiger partial charge on any atom is -0.0985 e. The monoisotopic (exact) mass is 474 g/mol. The van der Waals surface area contributed by atoms with Crippen molar-refractivity contribution in [3.63, 3.8) is 0 Å². The predicted octanol–water partition coefficient (Wildman–Crippen LogP) is 5.55. The minimum atomic E-state index is -0.973. The molecule has 0 bridgehead atoms. The maximum Gasteiger partial charge on any atom is 0.258 e. The molecule has 4 heteroatoms. The van der Waals surface area contributed by atoms with Crippen LogP contribution < -0.4 is 0 Å². The molecule has 0 saturated heterocycles. The molecule has 0 aromatic heterocycles. The van der Waals surface area contributed by atoms with Crippen LogP contribution in [0.15, 0.2) is 0 Å². The van der Waals surface area contributed by atoms with Crippen LogP contribution in [0.25, 0.3) is 0 Å². The summed E-state index contributed by atoms with van der Waals surface area (Å²) in [5, 5.41) is 0. The fourth-order valence-corrected chi connectivity index (χ4v) is 4.89. The lowest BCUT2D eigenvalue weighted by Crippen LogP contribution is -2.04. The van der Waals surface area contributed by atoms with Crippen molar-refractivity contribution >= 4 is 60.6 Å². The highest BCUT2D eigenvalue weighted by atomic mass is 127. The van der Waals surface area contributed by atoms with Gasteiger partial charge in [-0.05, 0) is 6.04 Å². The van der Waals surface area contributed by atoms with Gasteiger partial charge in [-0.3, -0.25) is 0 Å². The fraction of sp³-hybridized carbons (Fsp3) is 1.00. The Morgan fingerprint density at radius 3 is 2.00 bits per heavy atom. The first kappa shape index (κ1) is 14.2. The fourth-order valence-electron chi connectivity index (χ4n) is 1.11. The van der Waals surface area contributed by atoms with Crippen molar-refractivity contribution in [2.45, 2.75) is 51.5 Å². The molecule has 74 valence electrons. The Kier molecular flexibility index (Phi) is 9.99. The molecule has 12 heavy (non-hydrogen) atoms. The molecule has 0 aliphatic carbocycles. The van der Waals surface area contributed by atoms with E-state index in [1.165, 1.54) is 44.6 Å². The highest BCUT2D eigenvalue weighted by Crippen LogP contribution is 2.34. The largest absolute Gasteiger partial charge is 0.258 e. The van der Waals surface area contributed by atoms with E-state index in [2.05, 4.69) is 65.8 Å². The number of unbranched alkanes of at least 4 members (excludes halogenated alkanes) is 5. The normalized spacial score (nSPS) is 12.0. The number of hydrogen-bond acceptors (Lipinski definition) is 0. The molecular formula is C8H17BrI2Si. The zero-order valence-electron chi connectivity index (χ0n) is 7.58. The minimum absolute atomic E-state index is 0.973. The Balaban J connectivity index is 3.01. The average molecular weight is 475 g/mol. The van der Waals surface area contributed by atoms with Gasteiger partial charge in [0.25, 0.3) is 1.69 Å². The quantitative estimate of drug-likeness (QED) is 0.196. The second kappa shape index (κ2) is 8.46. The van der Waals surface area contributed by atoms with Gasteiger partial charge in [0, 0.05) is 0 Å². The summed E-state index contributed by atoms with van der Waals surface area (Å²) < 4.78 is -0.973. The van der Waals surface area contributed by atoms with E-state index in [9.17, 15) is 0 Å². The highest BCUT2D eigenvalue weighted by molar-refractivity contribution is 14.3. The first-order valence-corrected chi connectivity index (χ1v) is 15.3. The third kappa shape index (κ3) is 12.2. The van der Waals surface area contributed by atoms with E-state index >= 15 is 0 Å². The van der Waals surface area contributed by atoms with Gasteiger partial charge in [0.15, 0.2) is 0 Å². The molecule has 0 aliphatic heterocycles. The van der Waals surface area contributed by atoms with Crippen molar-refractivity contribution in [2.24, 2.45) is 0 Å². The molecule has 0 aliphatic rings. The summed E-state index contributed by atoms with van der Waals surface area (Å²) in [7, 11) is 0. The average Bonchev–Trinajstić information content (AvgIpc) is 1.94. The molecule has 0 unspecified atom stereocenters. The van der Waals surface area contributed by atoms with E-state index in [0.29, 0.717) is 0 Å². The van der Waals surface area contributed by atoms with Crippen LogP contribution in [0.4, 0.5) is 0 Å². The van der Waals surface area contributed by atoms with Gasteiger partial charge in [-0.2, -0.15) is 0 Å². The van der Waals surface area contributed by atoms with Gasteiger partial charge in [0.05, 0.1) is 0 Å². The van der Waals surface area contributed by atoms with E-state index in [4.69, 9.17) is 0 Å². The van der Waals surface area contributed by atoms with Crippen LogP contribution in [0, 0.1) is 0 Å². The molecule has 0 radical (unpaired) electrons. The van der Waals surface area contributed by atoms with Crippen LogP contribution >= 0.6 is 58.9 Å². The van der Waals surface area contributed by atoms with Gasteiger partial charge in [-0.1, -0.05) is 104 Å². The Hall–Kier alpha value is 2.16. The second-order valence-corrected chi connectivity index (χ2v) is 35.1. The maximum absolute atomic E-state index is 3.77. The molecule has 0 aromatic rings. The van der Waals surface area contributed by atoms with Crippen LogP contribution in [-0.2, 0) is 0 Å². The Morgan fingerprint density at radius 2 is 1.50 bits per heavy atom. The standard InChI is InChI=1S/C8H17BrI2Si/c1-2-3-4-5-6-7-8-12(9,10)11/h2-8H2,1H3. The van der Waals surface area contributed by atoms with Crippen LogP contribution in [0.3, 0.4) is 0 Å². The predicted molar refractivity (Wildman–Crippen MR) is 80.9 cm³/mol. The maximum atomic E-state index is 3.77. The van der Waals surface area contributed by atoms with Gasteiger partial charge in [0.1, 0.15) is 0 Å². The molecule has 0 aromatic carbocycles. The van der Waals surface area contributed by atoms with Crippen molar-refractivity contribution in [2.75, 3.05) is 0 Å². The van der Waals surface area contributed by atoms with E-state index < -0.39 is 1.69 Å². The van der Waals surface area contributed by atoms with Gasteiger partial charge in [-0.15, -0.1) is 0 Å². The summed E-state index contributed by atoms with van der Waals surface area (Å²) >= 11 is 8.95. The third-order valence-corrected chi connectivity index (χ3v) is 7.16. The number of hydrogen-bond donors (Lipinski definition) is 0. The summed E-state index contributed by atoms with van der Waals surface area (Å²) in [5.74, 6) is 0. The van der Waals surface area contributed by atoms with Crippen molar-refractivity contribution in [3.8, 4) is 0 Å². The van der Waals surface area contributed by atoms with Crippen molar-refractivity contribution in [3.05, 3.63) is 0 Å². The first-order chi connectivity index (χ1) is 5.56. The molecule has 0 nitrogen and oxygen atoms in total. The summed E-state index contributed by atoms with van der Waals surface area (Å²) in [6.45, 7) is 2.27. The zero-order valence-corrected chi connectivity index (χ0v) is 14.5. The summed E-state index contributed by atoms with van der Waals surface area (Å²) in [4.78, 5) is 0. The van der Waals surface area contributed by atoms with Crippen molar-refractivity contribution < 1.29 is 0 Å². The van der Waals surface area contributed by atoms with E-state index in [1.54, 1.807) is 0 Å². The summed E-state index contributed by atoms with van der Waals surface area (Å²) in [6, 6.07) is 1.42. The lowest BCUT2D eigenvalue weighted by molar-refractivity contribution is 0.624. The SMILES string of the molecule is CCCCCCCC[Si](Br)(I)I. The lowest BCUT2D eigenvalue weighted by Gasteiger charge is -2.08. The molecule has 0 saturated carbocycles. The van der Waals surface area contributed by atoms with Gasteiger partial charge in [0.2, 0.25) is 0 Å². The van der Waals surface area contributed by atoms with Gasteiger partial charge < -0.3 is 0 Å². The molecule has 0 rings (SSSR count). The van der Waals surface area contributed by atoms with Gasteiger partial charge in [-0.25, -0.2) is 0 Å². The van der Waals surface area contributed by atoms with Crippen molar-refractivity contribution in [1.82, 2.24) is 0 Å². The molecule has 0 heterocycles. The second-order valence-electron chi connectivity index (χ2n) is 3.13. The van der Waals surface area contributed by atoms with Gasteiger partial charge >= 0.3 is 0 Å². The topological polar surface area (TPSA) is 0 Å². The van der Waals surface area contributed by atoms with Crippen LogP contribution in [0.2, 0.25) is 6.04 Å². The number of rotatable bonds is 7. The van der Waals surface area contributed by atoms with Crippen LogP contribution in [-0.4, -0.2) is 1.69 Å². The molecule has 0 spiro atoms. The molecule has 0 amide bonds. The van der Waals surface area contributed by atoms with E-state index in [0.717, 1.165) is 0 Å². The summed E-state index contributed by atoms with van der Waals surface area (Å²) in [6.07, 6.45) is 8.52. The molecule has 0 N–H and O–H groups in total. The summed E-state index contributed by atoms with van der Waals surface area (Å²) in [5.41, 5.74) is 0. The van der Waals surface area contributed by atoms with Crippen molar-refractivity contribution in [1.29, 1.82) is 0 Å². The Labute approximate surface area is 111 Å². The zero-order chi connectivity index (χ0) is 9.45. The third-order valence-electron chi connectivity index (χ3n) is 1.81. The van der Waals surface area contributed by atoms with E-state index in [1.807, 2.05) is 0 Å². The van der Waals surface area contributed by atoms with Crippen LogP contribution in [0.5, 0.6) is 0 Å². The number of halogens is 3. The first-order valence-electron chi connectivity index (χ1n) is 4.63. The Bertz CT molecular complexity index is 104. The van der Waals surface area contributed by atoms with E-state index in [-0.39, 0.29) is 0 Å². The molecule has 0 fully saturated rings.